The lowest BCUT2D eigenvalue weighted by Crippen LogP contribution is -2.23. The summed E-state index contributed by atoms with van der Waals surface area (Å²) in [5, 5.41) is 2.33. The zero-order valence-corrected chi connectivity index (χ0v) is 17.2. The Morgan fingerprint density at radius 2 is 1.90 bits per heavy atom. The summed E-state index contributed by atoms with van der Waals surface area (Å²) in [5.41, 5.74) is 3.63. The summed E-state index contributed by atoms with van der Waals surface area (Å²) >= 11 is 0. The van der Waals surface area contributed by atoms with Gasteiger partial charge in [-0.2, -0.15) is 0 Å². The second kappa shape index (κ2) is 8.03. The highest BCUT2D eigenvalue weighted by molar-refractivity contribution is 5.92. The fourth-order valence-corrected chi connectivity index (χ4v) is 3.76. The minimum Gasteiger partial charge on any atom is -0.325 e. The highest BCUT2D eigenvalue weighted by Gasteiger charge is 2.15. The maximum absolute atomic E-state index is 13.3. The third-order valence-electron chi connectivity index (χ3n) is 5.24. The van der Waals surface area contributed by atoms with Crippen molar-refractivity contribution in [2.45, 2.75) is 40.2 Å². The smallest absolute Gasteiger partial charge is 0.262 e. The van der Waals surface area contributed by atoms with Crippen molar-refractivity contribution in [3.8, 4) is 11.4 Å². The summed E-state index contributed by atoms with van der Waals surface area (Å²) in [6.45, 7) is 7.71. The normalized spacial score (nSPS) is 12.2. The number of aromatic nitrogens is 3. The number of pyridine rings is 1. The Bertz CT molecular complexity index is 1300. The van der Waals surface area contributed by atoms with E-state index in [1.807, 2.05) is 30.3 Å². The summed E-state index contributed by atoms with van der Waals surface area (Å²) < 4.78 is 2.12. The van der Waals surface area contributed by atoms with Crippen LogP contribution in [0, 0.1) is 6.92 Å². The van der Waals surface area contributed by atoms with Gasteiger partial charge >= 0.3 is 0 Å². The van der Waals surface area contributed by atoms with Crippen LogP contribution < -0.4 is 10.9 Å². The van der Waals surface area contributed by atoms with Crippen LogP contribution in [0.3, 0.4) is 0 Å². The molecule has 0 saturated heterocycles. The molecule has 2 aromatic heterocycles. The molecule has 2 heterocycles. The molecule has 5 nitrogen and oxygen atoms in total. The van der Waals surface area contributed by atoms with Gasteiger partial charge < -0.3 is 9.55 Å². The van der Waals surface area contributed by atoms with E-state index in [0.29, 0.717) is 23.4 Å². The number of aryl methyl sites for hydroxylation is 2. The number of unbranched alkanes of at least 4 members (excludes halogenated alkanes) is 1. The minimum absolute atomic E-state index is 0.144. The first-order valence-electron chi connectivity index (χ1n) is 10.3. The Morgan fingerprint density at radius 1 is 1.10 bits per heavy atom. The molecule has 0 spiro atoms. The van der Waals surface area contributed by atoms with Crippen molar-refractivity contribution in [3.63, 3.8) is 0 Å². The van der Waals surface area contributed by atoms with Crippen LogP contribution in [0.5, 0.6) is 0 Å². The molecule has 4 aromatic rings. The van der Waals surface area contributed by atoms with E-state index in [1.54, 1.807) is 0 Å². The van der Waals surface area contributed by atoms with Crippen LogP contribution >= 0.6 is 0 Å². The Labute approximate surface area is 169 Å². The second-order valence-corrected chi connectivity index (χ2v) is 7.33. The average molecular weight is 386 g/mol. The summed E-state index contributed by atoms with van der Waals surface area (Å²) in [6, 6.07) is 16.1. The monoisotopic (exact) mass is 386 g/mol. The number of nitrogens with zero attached hydrogens (tertiary/aromatic N) is 3. The van der Waals surface area contributed by atoms with Crippen LogP contribution in [-0.4, -0.2) is 21.1 Å². The van der Waals surface area contributed by atoms with Crippen molar-refractivity contribution >= 4 is 21.9 Å². The minimum atomic E-state index is -0.144. The number of aromatic amines is 1. The SMILES string of the molecule is CCCCN=c1c2cc(C)ccc2n(CC)c2nc(-c3ccccc3)[nH]c(=O)c12. The van der Waals surface area contributed by atoms with Crippen molar-refractivity contribution in [1.29, 1.82) is 0 Å². The van der Waals surface area contributed by atoms with E-state index in [2.05, 4.69) is 48.5 Å². The highest BCUT2D eigenvalue weighted by Crippen LogP contribution is 2.20. The lowest BCUT2D eigenvalue weighted by atomic mass is 10.1. The molecule has 0 amide bonds. The van der Waals surface area contributed by atoms with Crippen LogP contribution in [0.4, 0.5) is 0 Å². The molecule has 148 valence electrons. The van der Waals surface area contributed by atoms with Crippen molar-refractivity contribution in [3.05, 3.63) is 69.8 Å². The topological polar surface area (TPSA) is 63.0 Å². The summed E-state index contributed by atoms with van der Waals surface area (Å²) in [6.07, 6.45) is 2.05. The molecular weight excluding hydrogens is 360 g/mol. The van der Waals surface area contributed by atoms with Crippen molar-refractivity contribution < 1.29 is 0 Å². The number of hydrogen-bond donors (Lipinski definition) is 1. The molecule has 0 unspecified atom stereocenters. The zero-order valence-electron chi connectivity index (χ0n) is 17.2. The molecule has 0 atom stereocenters. The third-order valence-corrected chi connectivity index (χ3v) is 5.24. The van der Waals surface area contributed by atoms with E-state index >= 15 is 0 Å². The van der Waals surface area contributed by atoms with Gasteiger partial charge in [-0.1, -0.05) is 55.3 Å². The van der Waals surface area contributed by atoms with Gasteiger partial charge in [-0.15, -0.1) is 0 Å². The molecule has 1 N–H and O–H groups in total. The number of H-pyrrole nitrogens is 1. The van der Waals surface area contributed by atoms with Gasteiger partial charge in [0.1, 0.15) is 11.2 Å². The lowest BCUT2D eigenvalue weighted by Gasteiger charge is -2.15. The van der Waals surface area contributed by atoms with Crippen molar-refractivity contribution in [1.82, 2.24) is 14.5 Å². The third kappa shape index (κ3) is 3.48. The Morgan fingerprint density at radius 3 is 2.62 bits per heavy atom. The lowest BCUT2D eigenvalue weighted by molar-refractivity contribution is 0.790. The molecule has 29 heavy (non-hydrogen) atoms. The first-order chi connectivity index (χ1) is 14.1. The van der Waals surface area contributed by atoms with Gasteiger partial charge in [0.25, 0.3) is 5.56 Å². The first-order valence-corrected chi connectivity index (χ1v) is 10.3. The van der Waals surface area contributed by atoms with E-state index in [4.69, 9.17) is 9.98 Å². The van der Waals surface area contributed by atoms with Gasteiger partial charge in [-0.05, 0) is 32.4 Å². The van der Waals surface area contributed by atoms with E-state index in [0.717, 1.165) is 46.8 Å². The number of fused-ring (bicyclic) bond motifs is 2. The predicted octanol–water partition coefficient (Wildman–Crippen LogP) is 4.57. The maximum Gasteiger partial charge on any atom is 0.262 e. The largest absolute Gasteiger partial charge is 0.325 e. The number of nitrogens with one attached hydrogen (secondary N) is 1. The molecule has 0 radical (unpaired) electrons. The number of benzene rings is 2. The standard InChI is InChI=1S/C24H26N4O/c1-4-6-14-25-21-18-15-16(3)12-13-19(18)28(5-2)23-20(21)24(29)27-22(26-23)17-10-8-7-9-11-17/h7-13,15H,4-6,14H2,1-3H3,(H,26,27,29). The van der Waals surface area contributed by atoms with Gasteiger partial charge in [0.2, 0.25) is 0 Å². The molecule has 2 aromatic carbocycles. The van der Waals surface area contributed by atoms with Gasteiger partial charge in [-0.25, -0.2) is 4.98 Å². The molecule has 0 aliphatic carbocycles. The van der Waals surface area contributed by atoms with Crippen LogP contribution in [0.25, 0.3) is 33.3 Å². The van der Waals surface area contributed by atoms with Gasteiger partial charge in [-0.3, -0.25) is 9.79 Å². The Hall–Kier alpha value is -3.21. The predicted molar refractivity (Wildman–Crippen MR) is 119 cm³/mol. The average Bonchev–Trinajstić information content (AvgIpc) is 2.74. The van der Waals surface area contributed by atoms with E-state index in [1.165, 1.54) is 0 Å². The zero-order chi connectivity index (χ0) is 20.4. The Balaban J connectivity index is 2.17. The number of hydrogen-bond acceptors (Lipinski definition) is 3. The molecular formula is C24H26N4O. The fraction of sp³-hybridized carbons (Fsp3) is 0.292. The van der Waals surface area contributed by atoms with Crippen molar-refractivity contribution in [2.75, 3.05) is 6.54 Å². The molecule has 0 aliphatic rings. The summed E-state index contributed by atoms with van der Waals surface area (Å²) in [4.78, 5) is 26.0. The molecule has 4 rings (SSSR count). The van der Waals surface area contributed by atoms with E-state index in [-0.39, 0.29) is 5.56 Å². The summed E-state index contributed by atoms with van der Waals surface area (Å²) in [5.74, 6) is 0.580. The molecule has 0 saturated carbocycles. The van der Waals surface area contributed by atoms with Gasteiger partial charge in [0, 0.05) is 24.0 Å². The maximum atomic E-state index is 13.3. The van der Waals surface area contributed by atoms with Crippen LogP contribution in [0.2, 0.25) is 0 Å². The first kappa shape index (κ1) is 19.1. The van der Waals surface area contributed by atoms with Crippen molar-refractivity contribution in [2.24, 2.45) is 4.99 Å². The molecule has 0 bridgehead atoms. The molecule has 0 aliphatic heterocycles. The van der Waals surface area contributed by atoms with Gasteiger partial charge in [0.05, 0.1) is 10.9 Å². The fourth-order valence-electron chi connectivity index (χ4n) is 3.76. The van der Waals surface area contributed by atoms with Crippen LogP contribution in [-0.2, 0) is 6.54 Å². The van der Waals surface area contributed by atoms with Crippen LogP contribution in [0.15, 0.2) is 58.3 Å². The van der Waals surface area contributed by atoms with Crippen LogP contribution in [0.1, 0.15) is 32.3 Å². The summed E-state index contributed by atoms with van der Waals surface area (Å²) in [7, 11) is 0. The van der Waals surface area contributed by atoms with E-state index < -0.39 is 0 Å². The second-order valence-electron chi connectivity index (χ2n) is 7.33. The van der Waals surface area contributed by atoms with E-state index in [9.17, 15) is 4.79 Å². The molecule has 0 fully saturated rings. The number of rotatable bonds is 5. The molecule has 5 heteroatoms. The Kier molecular flexibility index (Phi) is 5.30. The van der Waals surface area contributed by atoms with Gasteiger partial charge in [0.15, 0.2) is 5.65 Å². The quantitative estimate of drug-likeness (QED) is 0.403. The highest BCUT2D eigenvalue weighted by atomic mass is 16.1.